The van der Waals surface area contributed by atoms with Crippen molar-refractivity contribution < 1.29 is 14.6 Å². The van der Waals surface area contributed by atoms with Gasteiger partial charge in [-0.3, -0.25) is 4.79 Å². The summed E-state index contributed by atoms with van der Waals surface area (Å²) in [6.07, 6.45) is 1.30. The quantitative estimate of drug-likeness (QED) is 0.782. The number of carbonyl (C=O) groups is 1. The first-order valence-electron chi connectivity index (χ1n) is 6.36. The van der Waals surface area contributed by atoms with Crippen LogP contribution in [0, 0.1) is 0 Å². The number of aryl methyl sites for hydroxylation is 1. The summed E-state index contributed by atoms with van der Waals surface area (Å²) in [5.74, 6) is -0.0840. The standard InChI is InChI=1S/C14H22N2O3/c1-4-10-9-11(5-6-13(10)19-3)16(2)8-7-12(15)14(17)18/h5-6,9,12H,4,7-8,15H2,1-3H3,(H,17,18). The number of carboxylic acids is 1. The molecule has 1 atom stereocenters. The number of carboxylic acid groups (broad SMARTS) is 1. The van der Waals surface area contributed by atoms with Crippen molar-refractivity contribution >= 4 is 11.7 Å². The van der Waals surface area contributed by atoms with E-state index in [1.54, 1.807) is 7.11 Å². The fourth-order valence-electron chi connectivity index (χ4n) is 1.86. The molecule has 19 heavy (non-hydrogen) atoms. The van der Waals surface area contributed by atoms with Gasteiger partial charge >= 0.3 is 5.97 Å². The van der Waals surface area contributed by atoms with Crippen LogP contribution in [0.2, 0.25) is 0 Å². The summed E-state index contributed by atoms with van der Waals surface area (Å²) in [5, 5.41) is 8.76. The average molecular weight is 266 g/mol. The fraction of sp³-hybridized carbons (Fsp3) is 0.500. The molecule has 0 spiro atoms. The Labute approximate surface area is 114 Å². The van der Waals surface area contributed by atoms with Crippen molar-refractivity contribution in [2.45, 2.75) is 25.8 Å². The summed E-state index contributed by atoms with van der Waals surface area (Å²) in [6, 6.07) is 5.14. The van der Waals surface area contributed by atoms with Crippen LogP contribution in [0.3, 0.4) is 0 Å². The molecule has 5 nitrogen and oxygen atoms in total. The van der Waals surface area contributed by atoms with Gasteiger partial charge in [-0.2, -0.15) is 0 Å². The topological polar surface area (TPSA) is 75.8 Å². The Kier molecular flexibility index (Phi) is 5.63. The van der Waals surface area contributed by atoms with Crippen molar-refractivity contribution in [2.24, 2.45) is 5.73 Å². The summed E-state index contributed by atoms with van der Waals surface area (Å²) >= 11 is 0. The number of ether oxygens (including phenoxy) is 1. The third-order valence-corrected chi connectivity index (χ3v) is 3.18. The molecule has 0 radical (unpaired) electrons. The summed E-state index contributed by atoms with van der Waals surface area (Å²) in [7, 11) is 3.58. The molecule has 0 saturated carbocycles. The van der Waals surface area contributed by atoms with E-state index in [-0.39, 0.29) is 0 Å². The highest BCUT2D eigenvalue weighted by molar-refractivity contribution is 5.73. The molecule has 3 N–H and O–H groups in total. The number of nitrogens with zero attached hydrogens (tertiary/aromatic N) is 1. The third-order valence-electron chi connectivity index (χ3n) is 3.18. The highest BCUT2D eigenvalue weighted by atomic mass is 16.5. The molecular formula is C14H22N2O3. The van der Waals surface area contributed by atoms with Crippen molar-refractivity contribution in [3.8, 4) is 5.75 Å². The number of aliphatic carboxylic acids is 1. The van der Waals surface area contributed by atoms with Crippen LogP contribution in [-0.2, 0) is 11.2 Å². The van der Waals surface area contributed by atoms with Gasteiger partial charge in [0.2, 0.25) is 0 Å². The van der Waals surface area contributed by atoms with E-state index in [1.807, 2.05) is 24.1 Å². The van der Waals surface area contributed by atoms with Crippen molar-refractivity contribution in [2.75, 3.05) is 25.6 Å². The number of benzene rings is 1. The van der Waals surface area contributed by atoms with Gasteiger partial charge in [0, 0.05) is 19.3 Å². The third kappa shape index (κ3) is 4.13. The van der Waals surface area contributed by atoms with Crippen LogP contribution in [0.4, 0.5) is 5.69 Å². The molecule has 1 aromatic rings. The first-order valence-corrected chi connectivity index (χ1v) is 6.36. The Hall–Kier alpha value is -1.75. The number of rotatable bonds is 7. The molecule has 0 aromatic heterocycles. The van der Waals surface area contributed by atoms with E-state index >= 15 is 0 Å². The Morgan fingerprint density at radius 1 is 1.53 bits per heavy atom. The van der Waals surface area contributed by atoms with E-state index in [1.165, 1.54) is 0 Å². The smallest absolute Gasteiger partial charge is 0.320 e. The molecule has 0 fully saturated rings. The van der Waals surface area contributed by atoms with Crippen LogP contribution >= 0.6 is 0 Å². The van der Waals surface area contributed by atoms with Crippen LogP contribution < -0.4 is 15.4 Å². The monoisotopic (exact) mass is 266 g/mol. The highest BCUT2D eigenvalue weighted by Gasteiger charge is 2.13. The molecular weight excluding hydrogens is 244 g/mol. The van der Waals surface area contributed by atoms with Crippen LogP contribution in [-0.4, -0.2) is 37.8 Å². The van der Waals surface area contributed by atoms with E-state index in [2.05, 4.69) is 13.0 Å². The maximum Gasteiger partial charge on any atom is 0.320 e. The summed E-state index contributed by atoms with van der Waals surface area (Å²) in [6.45, 7) is 2.67. The summed E-state index contributed by atoms with van der Waals surface area (Å²) < 4.78 is 5.28. The zero-order valence-electron chi connectivity index (χ0n) is 11.7. The predicted molar refractivity (Wildman–Crippen MR) is 75.9 cm³/mol. The first kappa shape index (κ1) is 15.3. The normalized spacial score (nSPS) is 12.0. The van der Waals surface area contributed by atoms with Gasteiger partial charge in [0.25, 0.3) is 0 Å². The van der Waals surface area contributed by atoms with Crippen LogP contribution in [0.15, 0.2) is 18.2 Å². The minimum absolute atomic E-state index is 0.416. The molecule has 5 heteroatoms. The molecule has 0 saturated heterocycles. The van der Waals surface area contributed by atoms with Gasteiger partial charge in [-0.15, -0.1) is 0 Å². The van der Waals surface area contributed by atoms with E-state index in [0.717, 1.165) is 23.4 Å². The van der Waals surface area contributed by atoms with Crippen molar-refractivity contribution in [3.05, 3.63) is 23.8 Å². The molecule has 0 heterocycles. The van der Waals surface area contributed by atoms with Gasteiger partial charge in [-0.1, -0.05) is 6.92 Å². The zero-order chi connectivity index (χ0) is 14.4. The van der Waals surface area contributed by atoms with E-state index in [0.29, 0.717) is 13.0 Å². The van der Waals surface area contributed by atoms with E-state index in [4.69, 9.17) is 15.6 Å². The zero-order valence-corrected chi connectivity index (χ0v) is 11.7. The lowest BCUT2D eigenvalue weighted by molar-refractivity contribution is -0.138. The first-order chi connectivity index (χ1) is 8.99. The molecule has 1 unspecified atom stereocenters. The van der Waals surface area contributed by atoms with Gasteiger partial charge in [-0.25, -0.2) is 0 Å². The molecule has 1 rings (SSSR count). The minimum atomic E-state index is -0.961. The molecule has 0 aliphatic rings. The van der Waals surface area contributed by atoms with Crippen LogP contribution in [0.25, 0.3) is 0 Å². The summed E-state index contributed by atoms with van der Waals surface area (Å²) in [4.78, 5) is 12.7. The SMILES string of the molecule is CCc1cc(N(C)CCC(N)C(=O)O)ccc1OC. The number of nitrogens with two attached hydrogens (primary N) is 1. The molecule has 106 valence electrons. The second kappa shape index (κ2) is 6.99. The van der Waals surface area contributed by atoms with Gasteiger partial charge in [-0.05, 0) is 36.6 Å². The highest BCUT2D eigenvalue weighted by Crippen LogP contribution is 2.25. The van der Waals surface area contributed by atoms with Gasteiger partial charge in [0.05, 0.1) is 7.11 Å². The Morgan fingerprint density at radius 3 is 2.74 bits per heavy atom. The van der Waals surface area contributed by atoms with Crippen molar-refractivity contribution in [3.63, 3.8) is 0 Å². The van der Waals surface area contributed by atoms with Crippen LogP contribution in [0.1, 0.15) is 18.9 Å². The Morgan fingerprint density at radius 2 is 2.21 bits per heavy atom. The number of anilines is 1. The number of hydrogen-bond donors (Lipinski definition) is 2. The second-order valence-electron chi connectivity index (χ2n) is 4.50. The van der Waals surface area contributed by atoms with Crippen LogP contribution in [0.5, 0.6) is 5.75 Å². The van der Waals surface area contributed by atoms with Crippen molar-refractivity contribution in [1.82, 2.24) is 0 Å². The minimum Gasteiger partial charge on any atom is -0.496 e. The summed E-state index contributed by atoms with van der Waals surface area (Å²) in [5.41, 5.74) is 7.67. The predicted octanol–water partition coefficient (Wildman–Crippen LogP) is 1.50. The van der Waals surface area contributed by atoms with Gasteiger partial charge in [0.15, 0.2) is 0 Å². The lowest BCUT2D eigenvalue weighted by Gasteiger charge is -2.21. The van der Waals surface area contributed by atoms with Gasteiger partial charge < -0.3 is 20.5 Å². The molecule has 0 aliphatic heterocycles. The number of hydrogen-bond acceptors (Lipinski definition) is 4. The largest absolute Gasteiger partial charge is 0.496 e. The second-order valence-corrected chi connectivity index (χ2v) is 4.50. The molecule has 0 aliphatic carbocycles. The van der Waals surface area contributed by atoms with Gasteiger partial charge in [0.1, 0.15) is 11.8 Å². The lowest BCUT2D eigenvalue weighted by atomic mass is 10.1. The molecule has 0 bridgehead atoms. The number of methoxy groups -OCH3 is 1. The van der Waals surface area contributed by atoms with E-state index < -0.39 is 12.0 Å². The lowest BCUT2D eigenvalue weighted by Crippen LogP contribution is -2.34. The maximum atomic E-state index is 10.7. The van der Waals surface area contributed by atoms with Crippen molar-refractivity contribution in [1.29, 1.82) is 0 Å². The molecule has 0 amide bonds. The van der Waals surface area contributed by atoms with E-state index in [9.17, 15) is 4.79 Å². The average Bonchev–Trinajstić information content (AvgIpc) is 2.43. The maximum absolute atomic E-state index is 10.7. The Balaban J connectivity index is 2.71. The Bertz CT molecular complexity index is 435. The fourth-order valence-corrected chi connectivity index (χ4v) is 1.86. The molecule has 1 aromatic carbocycles.